The Morgan fingerprint density at radius 2 is 2.33 bits per heavy atom. The first-order chi connectivity index (χ1) is 7.28. The van der Waals surface area contributed by atoms with Crippen LogP contribution in [0.5, 0.6) is 0 Å². The van der Waals surface area contributed by atoms with E-state index in [9.17, 15) is 0 Å². The Kier molecular flexibility index (Phi) is 3.20. The predicted molar refractivity (Wildman–Crippen MR) is 57.2 cm³/mol. The maximum absolute atomic E-state index is 5.39. The molecule has 0 amide bonds. The van der Waals surface area contributed by atoms with Gasteiger partial charge in [-0.05, 0) is 18.8 Å². The second-order valence-electron chi connectivity index (χ2n) is 4.32. The number of hydrogen-bond acceptors (Lipinski definition) is 5. The van der Waals surface area contributed by atoms with Crippen molar-refractivity contribution in [2.75, 3.05) is 5.32 Å². The third kappa shape index (κ3) is 2.68. The van der Waals surface area contributed by atoms with E-state index < -0.39 is 0 Å². The van der Waals surface area contributed by atoms with Crippen LogP contribution in [0.25, 0.3) is 0 Å². The van der Waals surface area contributed by atoms with E-state index in [2.05, 4.69) is 22.4 Å². The molecule has 0 bridgehead atoms. The van der Waals surface area contributed by atoms with Gasteiger partial charge in [0.05, 0.1) is 6.54 Å². The van der Waals surface area contributed by atoms with E-state index in [1.54, 1.807) is 0 Å². The summed E-state index contributed by atoms with van der Waals surface area (Å²) in [6, 6.07) is 0.981. The molecule has 5 heteroatoms. The Labute approximate surface area is 89.4 Å². The maximum Gasteiger partial charge on any atom is 0.315 e. The molecule has 0 saturated heterocycles. The lowest BCUT2D eigenvalue weighted by molar-refractivity contribution is 0.352. The largest absolute Gasteiger partial charge is 0.407 e. The van der Waals surface area contributed by atoms with Crippen LogP contribution < -0.4 is 11.1 Å². The Hall–Kier alpha value is -1.10. The molecule has 2 unspecified atom stereocenters. The molecule has 1 aromatic heterocycles. The normalized spacial score (nSPS) is 26.5. The molecule has 15 heavy (non-hydrogen) atoms. The van der Waals surface area contributed by atoms with Crippen LogP contribution >= 0.6 is 0 Å². The van der Waals surface area contributed by atoms with Gasteiger partial charge in [-0.3, -0.25) is 0 Å². The van der Waals surface area contributed by atoms with E-state index >= 15 is 0 Å². The second-order valence-corrected chi connectivity index (χ2v) is 4.32. The highest BCUT2D eigenvalue weighted by molar-refractivity contribution is 5.19. The minimum absolute atomic E-state index is 0.301. The zero-order valence-electron chi connectivity index (χ0n) is 9.07. The lowest BCUT2D eigenvalue weighted by atomic mass is 9.87. The average Bonchev–Trinajstić information content (AvgIpc) is 2.65. The van der Waals surface area contributed by atoms with Gasteiger partial charge in [-0.15, -0.1) is 5.10 Å². The van der Waals surface area contributed by atoms with E-state index in [0.29, 0.717) is 24.5 Å². The highest BCUT2D eigenvalue weighted by Gasteiger charge is 2.20. The maximum atomic E-state index is 5.39. The highest BCUT2D eigenvalue weighted by atomic mass is 16.4. The highest BCUT2D eigenvalue weighted by Crippen LogP contribution is 2.25. The monoisotopic (exact) mass is 210 g/mol. The summed E-state index contributed by atoms with van der Waals surface area (Å²) in [5, 5.41) is 11.0. The molecule has 0 radical (unpaired) electrons. The molecule has 84 valence electrons. The third-order valence-electron chi connectivity index (χ3n) is 2.91. The molecule has 1 heterocycles. The molecule has 1 fully saturated rings. The fraction of sp³-hybridized carbons (Fsp3) is 0.800. The van der Waals surface area contributed by atoms with Crippen molar-refractivity contribution in [3.05, 3.63) is 5.89 Å². The van der Waals surface area contributed by atoms with Gasteiger partial charge in [0.1, 0.15) is 0 Å². The zero-order valence-corrected chi connectivity index (χ0v) is 9.07. The SMILES string of the molecule is CC1CCCC(Nc2nnc(CN)o2)C1. The minimum Gasteiger partial charge on any atom is -0.407 e. The molecule has 3 N–H and O–H groups in total. The molecule has 2 atom stereocenters. The van der Waals surface area contributed by atoms with E-state index in [1.165, 1.54) is 25.7 Å². The molecule has 1 saturated carbocycles. The van der Waals surface area contributed by atoms with Crippen molar-refractivity contribution in [2.24, 2.45) is 11.7 Å². The van der Waals surface area contributed by atoms with Gasteiger partial charge in [-0.25, -0.2) is 0 Å². The van der Waals surface area contributed by atoms with Crippen LogP contribution in [-0.4, -0.2) is 16.2 Å². The fourth-order valence-electron chi connectivity index (χ4n) is 2.13. The predicted octanol–water partition coefficient (Wildman–Crippen LogP) is 1.52. The van der Waals surface area contributed by atoms with Gasteiger partial charge in [0.15, 0.2) is 0 Å². The van der Waals surface area contributed by atoms with Gasteiger partial charge < -0.3 is 15.5 Å². The molecule has 0 aliphatic heterocycles. The summed E-state index contributed by atoms with van der Waals surface area (Å²) in [5.41, 5.74) is 5.39. The van der Waals surface area contributed by atoms with E-state index in [1.807, 2.05) is 0 Å². The van der Waals surface area contributed by atoms with Crippen molar-refractivity contribution in [1.82, 2.24) is 10.2 Å². The topological polar surface area (TPSA) is 77.0 Å². The second kappa shape index (κ2) is 4.61. The molecule has 1 aromatic rings. The number of hydrogen-bond donors (Lipinski definition) is 2. The third-order valence-corrected chi connectivity index (χ3v) is 2.91. The Morgan fingerprint density at radius 1 is 1.47 bits per heavy atom. The summed E-state index contributed by atoms with van der Waals surface area (Å²) in [7, 11) is 0. The Balaban J connectivity index is 1.90. The summed E-state index contributed by atoms with van der Waals surface area (Å²) < 4.78 is 5.31. The first-order valence-electron chi connectivity index (χ1n) is 5.57. The molecule has 1 aliphatic rings. The summed E-state index contributed by atoms with van der Waals surface area (Å²) in [6.45, 7) is 2.59. The standard InChI is InChI=1S/C10H18N4O/c1-7-3-2-4-8(5-7)12-10-14-13-9(6-11)15-10/h7-8H,2-6,11H2,1H3,(H,12,14). The van der Waals surface area contributed by atoms with Crippen LogP contribution in [0.4, 0.5) is 6.01 Å². The Bertz CT molecular complexity index is 312. The van der Waals surface area contributed by atoms with E-state index in [4.69, 9.17) is 10.2 Å². The van der Waals surface area contributed by atoms with Gasteiger partial charge >= 0.3 is 6.01 Å². The van der Waals surface area contributed by atoms with Gasteiger partial charge in [0.25, 0.3) is 0 Å². The smallest absolute Gasteiger partial charge is 0.315 e. The number of nitrogens with zero attached hydrogens (tertiary/aromatic N) is 2. The van der Waals surface area contributed by atoms with Crippen LogP contribution in [0.1, 0.15) is 38.5 Å². The quantitative estimate of drug-likeness (QED) is 0.791. The van der Waals surface area contributed by atoms with Crippen LogP contribution in [-0.2, 0) is 6.54 Å². The van der Waals surface area contributed by atoms with Crippen molar-refractivity contribution >= 4 is 6.01 Å². The Morgan fingerprint density at radius 3 is 3.00 bits per heavy atom. The van der Waals surface area contributed by atoms with Crippen LogP contribution in [0.3, 0.4) is 0 Å². The van der Waals surface area contributed by atoms with Crippen LogP contribution in [0.15, 0.2) is 4.42 Å². The molecule has 0 spiro atoms. The lowest BCUT2D eigenvalue weighted by Gasteiger charge is -2.26. The fourth-order valence-corrected chi connectivity index (χ4v) is 2.13. The van der Waals surface area contributed by atoms with Crippen LogP contribution in [0.2, 0.25) is 0 Å². The number of anilines is 1. The molecule has 2 rings (SSSR count). The van der Waals surface area contributed by atoms with Crippen LogP contribution in [0, 0.1) is 5.92 Å². The minimum atomic E-state index is 0.301. The van der Waals surface area contributed by atoms with Crippen molar-refractivity contribution in [3.63, 3.8) is 0 Å². The van der Waals surface area contributed by atoms with Crippen molar-refractivity contribution in [1.29, 1.82) is 0 Å². The molecule has 0 aromatic carbocycles. The number of nitrogens with two attached hydrogens (primary N) is 1. The number of nitrogens with one attached hydrogen (secondary N) is 1. The summed E-state index contributed by atoms with van der Waals surface area (Å²) >= 11 is 0. The lowest BCUT2D eigenvalue weighted by Crippen LogP contribution is -2.26. The van der Waals surface area contributed by atoms with Crippen molar-refractivity contribution in [3.8, 4) is 0 Å². The summed E-state index contributed by atoms with van der Waals surface area (Å²) in [5.74, 6) is 1.27. The zero-order chi connectivity index (χ0) is 10.7. The van der Waals surface area contributed by atoms with E-state index in [-0.39, 0.29) is 0 Å². The van der Waals surface area contributed by atoms with Crippen molar-refractivity contribution in [2.45, 2.75) is 45.2 Å². The number of rotatable bonds is 3. The average molecular weight is 210 g/mol. The number of aromatic nitrogens is 2. The van der Waals surface area contributed by atoms with Gasteiger partial charge in [0, 0.05) is 6.04 Å². The van der Waals surface area contributed by atoms with Gasteiger partial charge in [0.2, 0.25) is 5.89 Å². The van der Waals surface area contributed by atoms with Crippen molar-refractivity contribution < 1.29 is 4.42 Å². The summed E-state index contributed by atoms with van der Waals surface area (Å²) in [6.07, 6.45) is 4.97. The molecule has 1 aliphatic carbocycles. The van der Waals surface area contributed by atoms with E-state index in [0.717, 1.165) is 5.92 Å². The molecule has 5 nitrogen and oxygen atoms in total. The van der Waals surface area contributed by atoms with Gasteiger partial charge in [-0.2, -0.15) is 0 Å². The molecular weight excluding hydrogens is 192 g/mol. The summed E-state index contributed by atoms with van der Waals surface area (Å²) in [4.78, 5) is 0. The first-order valence-corrected chi connectivity index (χ1v) is 5.57. The van der Waals surface area contributed by atoms with Gasteiger partial charge in [-0.1, -0.05) is 24.9 Å². The molecular formula is C10H18N4O. The first kappa shape index (κ1) is 10.4.